The van der Waals surface area contributed by atoms with E-state index >= 15 is 0 Å². The summed E-state index contributed by atoms with van der Waals surface area (Å²) < 4.78 is 40.6. The summed E-state index contributed by atoms with van der Waals surface area (Å²) in [4.78, 5) is 37.7. The number of fused-ring (bicyclic) bond motifs is 2. The maximum absolute atomic E-state index is 13.3. The van der Waals surface area contributed by atoms with E-state index in [2.05, 4.69) is 5.32 Å². The molecular formula is C23H17N2NaO7S. The van der Waals surface area contributed by atoms with Gasteiger partial charge < -0.3 is 20.3 Å². The van der Waals surface area contributed by atoms with E-state index in [9.17, 15) is 27.4 Å². The molecule has 0 bridgehead atoms. The van der Waals surface area contributed by atoms with Crippen molar-refractivity contribution in [3.05, 3.63) is 82.4 Å². The number of carbonyl (C=O) groups excluding carboxylic acids is 3. The van der Waals surface area contributed by atoms with Crippen molar-refractivity contribution in [2.75, 3.05) is 17.7 Å². The summed E-state index contributed by atoms with van der Waals surface area (Å²) in [5, 5.41) is 2.85. The monoisotopic (exact) mass is 488 g/mol. The molecule has 0 aromatic heterocycles. The first-order chi connectivity index (χ1) is 15.6. The van der Waals surface area contributed by atoms with Gasteiger partial charge in [-0.3, -0.25) is 9.59 Å². The molecule has 3 aromatic carbocycles. The van der Waals surface area contributed by atoms with E-state index in [1.165, 1.54) is 24.3 Å². The summed E-state index contributed by atoms with van der Waals surface area (Å²) in [5.74, 6) is -1.82. The smallest absolute Gasteiger partial charge is 0.744 e. The van der Waals surface area contributed by atoms with E-state index in [1.807, 2.05) is 0 Å². The van der Waals surface area contributed by atoms with Gasteiger partial charge in [-0.2, -0.15) is 0 Å². The van der Waals surface area contributed by atoms with Crippen LogP contribution in [-0.4, -0.2) is 37.1 Å². The average molecular weight is 488 g/mol. The van der Waals surface area contributed by atoms with Gasteiger partial charge >= 0.3 is 35.5 Å². The predicted molar refractivity (Wildman–Crippen MR) is 118 cm³/mol. The fourth-order valence-electron chi connectivity index (χ4n) is 3.69. The molecule has 0 atom stereocenters. The summed E-state index contributed by atoms with van der Waals surface area (Å²) in [6.07, 6.45) is 0. The van der Waals surface area contributed by atoms with Gasteiger partial charge in [-0.1, -0.05) is 30.3 Å². The van der Waals surface area contributed by atoms with E-state index in [4.69, 9.17) is 10.5 Å². The quantitative estimate of drug-likeness (QED) is 0.169. The molecule has 0 fully saturated rings. The third-order valence-electron chi connectivity index (χ3n) is 5.12. The minimum absolute atomic E-state index is 0. The standard InChI is InChI=1S/C23H18N2O7S.Na/c1-2-32-23(28)12-6-5-7-13(10-12)25-16-11-17(33(29,30)31)20(24)19-18(16)21(26)14-8-3-4-9-15(14)22(19)27;/h3-11,25H,2,24H2,1H3,(H,29,30,31);/q;+1/p-1. The van der Waals surface area contributed by atoms with Crippen LogP contribution in [0.15, 0.2) is 59.5 Å². The van der Waals surface area contributed by atoms with Crippen LogP contribution in [0.3, 0.4) is 0 Å². The van der Waals surface area contributed by atoms with Gasteiger partial charge in [0.15, 0.2) is 11.6 Å². The summed E-state index contributed by atoms with van der Waals surface area (Å²) in [6, 6.07) is 13.0. The molecule has 0 aliphatic heterocycles. The van der Waals surface area contributed by atoms with E-state index in [-0.39, 0.29) is 69.7 Å². The molecule has 0 saturated carbocycles. The van der Waals surface area contributed by atoms with Crippen LogP contribution in [0.4, 0.5) is 17.1 Å². The van der Waals surface area contributed by atoms with E-state index in [0.29, 0.717) is 5.69 Å². The second-order valence-corrected chi connectivity index (χ2v) is 8.52. The second kappa shape index (κ2) is 9.69. The number of benzene rings is 3. The van der Waals surface area contributed by atoms with E-state index in [1.54, 1.807) is 31.2 Å². The molecule has 34 heavy (non-hydrogen) atoms. The van der Waals surface area contributed by atoms with Crippen molar-refractivity contribution >= 4 is 44.7 Å². The molecule has 0 spiro atoms. The van der Waals surface area contributed by atoms with Crippen molar-refractivity contribution in [1.29, 1.82) is 0 Å². The normalized spacial score (nSPS) is 12.3. The second-order valence-electron chi connectivity index (χ2n) is 7.17. The first-order valence-corrected chi connectivity index (χ1v) is 11.2. The zero-order chi connectivity index (χ0) is 23.9. The number of hydrogen-bond donors (Lipinski definition) is 2. The number of carbonyl (C=O) groups is 3. The van der Waals surface area contributed by atoms with Crippen LogP contribution in [0.2, 0.25) is 0 Å². The van der Waals surface area contributed by atoms with Crippen LogP contribution >= 0.6 is 0 Å². The Balaban J connectivity index is 0.00000324. The van der Waals surface area contributed by atoms with Crippen LogP contribution in [0, 0.1) is 0 Å². The van der Waals surface area contributed by atoms with Crippen LogP contribution < -0.4 is 40.6 Å². The van der Waals surface area contributed by atoms with Crippen LogP contribution in [0.1, 0.15) is 49.1 Å². The molecule has 0 saturated heterocycles. The molecule has 3 aromatic rings. The third-order valence-corrected chi connectivity index (χ3v) is 6.00. The number of nitrogens with one attached hydrogen (secondary N) is 1. The Morgan fingerprint density at radius 2 is 1.62 bits per heavy atom. The largest absolute Gasteiger partial charge is 1.00 e. The van der Waals surface area contributed by atoms with Crippen molar-refractivity contribution in [3.63, 3.8) is 0 Å². The minimum atomic E-state index is -5.08. The van der Waals surface area contributed by atoms with E-state index < -0.39 is 38.2 Å². The molecule has 9 nitrogen and oxygen atoms in total. The topological polar surface area (TPSA) is 156 Å². The van der Waals surface area contributed by atoms with Gasteiger partial charge in [-0.05, 0) is 31.2 Å². The van der Waals surface area contributed by atoms with Gasteiger partial charge in [0.2, 0.25) is 0 Å². The fourth-order valence-corrected chi connectivity index (χ4v) is 4.33. The number of esters is 1. The van der Waals surface area contributed by atoms with Gasteiger partial charge in [-0.15, -0.1) is 0 Å². The van der Waals surface area contributed by atoms with Crippen LogP contribution in [0.5, 0.6) is 0 Å². The number of nitrogen functional groups attached to an aromatic ring is 1. The Morgan fingerprint density at radius 1 is 1.00 bits per heavy atom. The summed E-state index contributed by atoms with van der Waals surface area (Å²) in [6.45, 7) is 1.83. The third kappa shape index (κ3) is 4.50. The number of anilines is 3. The van der Waals surface area contributed by atoms with Crippen LogP contribution in [0.25, 0.3) is 0 Å². The van der Waals surface area contributed by atoms with Gasteiger partial charge in [0.05, 0.1) is 39.6 Å². The number of rotatable bonds is 5. The average Bonchev–Trinajstić information content (AvgIpc) is 2.78. The van der Waals surface area contributed by atoms with Crippen molar-refractivity contribution in [1.82, 2.24) is 0 Å². The maximum Gasteiger partial charge on any atom is 1.00 e. The number of hydrogen-bond acceptors (Lipinski definition) is 9. The molecule has 11 heteroatoms. The van der Waals surface area contributed by atoms with Gasteiger partial charge in [0, 0.05) is 16.8 Å². The molecule has 0 radical (unpaired) electrons. The van der Waals surface area contributed by atoms with Crippen molar-refractivity contribution in [2.45, 2.75) is 11.8 Å². The van der Waals surface area contributed by atoms with Crippen LogP contribution in [-0.2, 0) is 14.9 Å². The predicted octanol–water partition coefficient (Wildman–Crippen LogP) is -0.127. The number of ketones is 2. The molecule has 0 unspecified atom stereocenters. The summed E-state index contributed by atoms with van der Waals surface area (Å²) in [7, 11) is -5.08. The Kier molecular flexibility index (Phi) is 7.29. The Morgan fingerprint density at radius 3 is 2.21 bits per heavy atom. The SMILES string of the molecule is CCOC(=O)c1cccc(Nc2cc(S(=O)(=O)[O-])c(N)c3c2C(=O)c2ccccc2C3=O)c1.[Na+]. The Bertz CT molecular complexity index is 1450. The first-order valence-electron chi connectivity index (χ1n) is 9.78. The molecule has 0 amide bonds. The molecule has 4 rings (SSSR count). The molecule has 1 aliphatic carbocycles. The van der Waals surface area contributed by atoms with Crippen molar-refractivity contribution < 1.29 is 61.6 Å². The zero-order valence-corrected chi connectivity index (χ0v) is 21.1. The summed E-state index contributed by atoms with van der Waals surface area (Å²) >= 11 is 0. The first kappa shape index (κ1) is 25.6. The zero-order valence-electron chi connectivity index (χ0n) is 18.2. The molecule has 3 N–H and O–H groups in total. The minimum Gasteiger partial charge on any atom is -0.744 e. The maximum atomic E-state index is 13.3. The Labute approximate surface area is 217 Å². The van der Waals surface area contributed by atoms with Gasteiger partial charge in [0.25, 0.3) is 0 Å². The Hall–Kier alpha value is -3.02. The summed E-state index contributed by atoms with van der Waals surface area (Å²) in [5.41, 5.74) is 5.37. The van der Waals surface area contributed by atoms with Gasteiger partial charge in [-0.25, -0.2) is 13.2 Å². The van der Waals surface area contributed by atoms with Crippen molar-refractivity contribution in [3.8, 4) is 0 Å². The molecule has 168 valence electrons. The van der Waals surface area contributed by atoms with Crippen molar-refractivity contribution in [2.24, 2.45) is 0 Å². The molecule has 1 aliphatic rings. The molecular weight excluding hydrogens is 471 g/mol. The van der Waals surface area contributed by atoms with Gasteiger partial charge in [0.1, 0.15) is 10.1 Å². The number of nitrogens with two attached hydrogens (primary N) is 1. The number of ether oxygens (including phenoxy) is 1. The molecule has 0 heterocycles. The van der Waals surface area contributed by atoms with E-state index in [0.717, 1.165) is 6.07 Å². The fraction of sp³-hybridized carbons (Fsp3) is 0.0870.